The molecule has 3 rings (SSSR count). The SMILES string of the molecule is CC(=O)NCC(=Cc1ccc2[nH]c(=O)[nH]c2c1)B1OC(C)(C)C(C)(C)O1. The van der Waals surface area contributed by atoms with Crippen LogP contribution in [0.15, 0.2) is 28.5 Å². The van der Waals surface area contributed by atoms with Crippen LogP contribution < -0.4 is 11.0 Å². The Morgan fingerprint density at radius 2 is 1.77 bits per heavy atom. The minimum atomic E-state index is -0.562. The molecular formula is C18H24BN3O4. The topological polar surface area (TPSA) is 96.2 Å². The maximum Gasteiger partial charge on any atom is 0.492 e. The van der Waals surface area contributed by atoms with Crippen molar-refractivity contribution in [2.75, 3.05) is 6.54 Å². The van der Waals surface area contributed by atoms with Crippen molar-refractivity contribution in [1.29, 1.82) is 0 Å². The van der Waals surface area contributed by atoms with E-state index in [-0.39, 0.29) is 11.6 Å². The van der Waals surface area contributed by atoms with Gasteiger partial charge in [0.2, 0.25) is 5.91 Å². The summed E-state index contributed by atoms with van der Waals surface area (Å²) in [4.78, 5) is 28.3. The summed E-state index contributed by atoms with van der Waals surface area (Å²) in [5.41, 5.74) is 1.96. The fraction of sp³-hybridized carbons (Fsp3) is 0.444. The van der Waals surface area contributed by atoms with E-state index in [4.69, 9.17) is 9.31 Å². The minimum Gasteiger partial charge on any atom is -0.400 e. The third-order valence-corrected chi connectivity index (χ3v) is 4.99. The van der Waals surface area contributed by atoms with Gasteiger partial charge in [0.15, 0.2) is 0 Å². The van der Waals surface area contributed by atoms with Gasteiger partial charge in [0, 0.05) is 13.5 Å². The summed E-state index contributed by atoms with van der Waals surface area (Å²) < 4.78 is 12.2. The lowest BCUT2D eigenvalue weighted by atomic mass is 9.77. The first-order valence-corrected chi connectivity index (χ1v) is 8.60. The predicted octanol–water partition coefficient (Wildman–Crippen LogP) is 2.01. The second kappa shape index (κ2) is 6.44. The first kappa shape index (κ1) is 18.5. The third kappa shape index (κ3) is 3.61. The lowest BCUT2D eigenvalue weighted by molar-refractivity contribution is -0.118. The number of amides is 1. The van der Waals surface area contributed by atoms with Crippen LogP contribution in [0.2, 0.25) is 0 Å². The lowest BCUT2D eigenvalue weighted by Gasteiger charge is -2.32. The molecule has 0 radical (unpaired) electrons. The molecule has 26 heavy (non-hydrogen) atoms. The number of imidazole rings is 1. The molecule has 2 heterocycles. The van der Waals surface area contributed by atoms with Crippen molar-refractivity contribution in [2.24, 2.45) is 0 Å². The van der Waals surface area contributed by atoms with Gasteiger partial charge < -0.3 is 24.6 Å². The highest BCUT2D eigenvalue weighted by Gasteiger charge is 2.52. The van der Waals surface area contributed by atoms with E-state index in [1.165, 1.54) is 6.92 Å². The Hall–Kier alpha value is -2.32. The van der Waals surface area contributed by atoms with Crippen molar-refractivity contribution in [2.45, 2.75) is 45.8 Å². The maximum absolute atomic E-state index is 11.4. The van der Waals surface area contributed by atoms with Crippen LogP contribution in [0.1, 0.15) is 40.2 Å². The van der Waals surface area contributed by atoms with Crippen LogP contribution in [0.25, 0.3) is 17.1 Å². The zero-order valence-electron chi connectivity index (χ0n) is 15.7. The Morgan fingerprint density at radius 1 is 1.15 bits per heavy atom. The molecule has 1 fully saturated rings. The summed E-state index contributed by atoms with van der Waals surface area (Å²) in [5.74, 6) is -0.127. The normalized spacial score (nSPS) is 19.1. The summed E-state index contributed by atoms with van der Waals surface area (Å²) >= 11 is 0. The van der Waals surface area contributed by atoms with Gasteiger partial charge >= 0.3 is 12.8 Å². The van der Waals surface area contributed by atoms with Crippen molar-refractivity contribution >= 4 is 30.1 Å². The van der Waals surface area contributed by atoms with Crippen LogP contribution in [-0.4, -0.2) is 40.7 Å². The molecule has 0 spiro atoms. The molecule has 0 unspecified atom stereocenters. The van der Waals surface area contributed by atoms with Gasteiger partial charge in [-0.3, -0.25) is 4.79 Å². The van der Waals surface area contributed by atoms with E-state index >= 15 is 0 Å². The van der Waals surface area contributed by atoms with Crippen LogP contribution in [-0.2, 0) is 14.1 Å². The number of carbonyl (C=O) groups excluding carboxylic acids is 1. The van der Waals surface area contributed by atoms with E-state index in [0.29, 0.717) is 6.54 Å². The number of nitrogens with one attached hydrogen (secondary N) is 3. The van der Waals surface area contributed by atoms with Gasteiger partial charge in [0.25, 0.3) is 0 Å². The molecule has 1 aromatic carbocycles. The first-order valence-electron chi connectivity index (χ1n) is 8.60. The van der Waals surface area contributed by atoms with E-state index in [0.717, 1.165) is 22.1 Å². The largest absolute Gasteiger partial charge is 0.492 e. The van der Waals surface area contributed by atoms with Crippen molar-refractivity contribution in [1.82, 2.24) is 15.3 Å². The monoisotopic (exact) mass is 357 g/mol. The van der Waals surface area contributed by atoms with Gasteiger partial charge in [-0.1, -0.05) is 12.1 Å². The van der Waals surface area contributed by atoms with Crippen molar-refractivity contribution in [3.8, 4) is 0 Å². The Balaban J connectivity index is 1.95. The number of hydrogen-bond donors (Lipinski definition) is 3. The van der Waals surface area contributed by atoms with E-state index in [1.54, 1.807) is 0 Å². The lowest BCUT2D eigenvalue weighted by Crippen LogP contribution is -2.41. The van der Waals surface area contributed by atoms with E-state index in [1.807, 2.05) is 52.0 Å². The zero-order valence-corrected chi connectivity index (χ0v) is 15.7. The van der Waals surface area contributed by atoms with E-state index in [2.05, 4.69) is 15.3 Å². The minimum absolute atomic E-state index is 0.127. The molecule has 1 aliphatic rings. The number of rotatable bonds is 4. The van der Waals surface area contributed by atoms with Crippen molar-refractivity contribution in [3.05, 3.63) is 39.7 Å². The van der Waals surface area contributed by atoms with Crippen LogP contribution in [0, 0.1) is 0 Å². The molecule has 0 bridgehead atoms. The number of H-pyrrole nitrogens is 2. The number of benzene rings is 1. The van der Waals surface area contributed by atoms with Crippen LogP contribution in [0.5, 0.6) is 0 Å². The van der Waals surface area contributed by atoms with Crippen molar-refractivity contribution < 1.29 is 14.1 Å². The Bertz CT molecular complexity index is 910. The van der Waals surface area contributed by atoms with E-state index < -0.39 is 18.3 Å². The van der Waals surface area contributed by atoms with Crippen LogP contribution in [0.3, 0.4) is 0 Å². The molecule has 138 valence electrons. The third-order valence-electron chi connectivity index (χ3n) is 4.99. The molecule has 3 N–H and O–H groups in total. The number of carbonyl (C=O) groups is 1. The molecule has 1 aromatic heterocycles. The summed E-state index contributed by atoms with van der Waals surface area (Å²) in [7, 11) is -0.562. The fourth-order valence-electron chi connectivity index (χ4n) is 2.78. The smallest absolute Gasteiger partial charge is 0.400 e. The maximum atomic E-state index is 11.4. The number of aromatic nitrogens is 2. The number of fused-ring (bicyclic) bond motifs is 1. The van der Waals surface area contributed by atoms with Gasteiger partial charge in [-0.05, 0) is 50.9 Å². The van der Waals surface area contributed by atoms with Crippen LogP contribution >= 0.6 is 0 Å². The first-order chi connectivity index (χ1) is 12.1. The average molecular weight is 357 g/mol. The van der Waals surface area contributed by atoms with Crippen LogP contribution in [0.4, 0.5) is 0 Å². The molecule has 0 aliphatic carbocycles. The molecular weight excluding hydrogens is 333 g/mol. The molecule has 2 aromatic rings. The summed E-state index contributed by atoms with van der Waals surface area (Å²) in [6.07, 6.45) is 1.92. The molecule has 7 nitrogen and oxygen atoms in total. The molecule has 0 atom stereocenters. The quantitative estimate of drug-likeness (QED) is 0.730. The predicted molar refractivity (Wildman–Crippen MR) is 102 cm³/mol. The number of aromatic amines is 2. The second-order valence-electron chi connectivity index (χ2n) is 7.60. The van der Waals surface area contributed by atoms with Gasteiger partial charge in [-0.2, -0.15) is 0 Å². The fourth-order valence-corrected chi connectivity index (χ4v) is 2.78. The summed E-state index contributed by atoms with van der Waals surface area (Å²) in [6, 6.07) is 5.59. The van der Waals surface area contributed by atoms with E-state index in [9.17, 15) is 9.59 Å². The molecule has 1 saturated heterocycles. The second-order valence-corrected chi connectivity index (χ2v) is 7.60. The Labute approximate surface area is 152 Å². The molecule has 1 aliphatic heterocycles. The van der Waals surface area contributed by atoms with Crippen molar-refractivity contribution in [3.63, 3.8) is 0 Å². The average Bonchev–Trinajstić information content (AvgIpc) is 2.98. The summed E-state index contributed by atoms with van der Waals surface area (Å²) in [6.45, 7) is 9.73. The van der Waals surface area contributed by atoms with Gasteiger partial charge in [0.05, 0.1) is 22.2 Å². The Kier molecular flexibility index (Phi) is 4.58. The Morgan fingerprint density at radius 3 is 2.38 bits per heavy atom. The molecule has 0 saturated carbocycles. The zero-order chi connectivity index (χ0) is 19.1. The summed E-state index contributed by atoms with van der Waals surface area (Å²) in [5, 5.41) is 2.81. The van der Waals surface area contributed by atoms with Gasteiger partial charge in [0.1, 0.15) is 0 Å². The highest BCUT2D eigenvalue weighted by Crippen LogP contribution is 2.38. The molecule has 1 amide bonds. The highest BCUT2D eigenvalue weighted by atomic mass is 16.7. The van der Waals surface area contributed by atoms with Gasteiger partial charge in [-0.25, -0.2) is 4.79 Å². The number of hydrogen-bond acceptors (Lipinski definition) is 4. The standard InChI is InChI=1S/C18H24BN3O4/c1-11(23)20-10-13(19-25-17(2,3)18(4,5)26-19)8-12-6-7-14-15(9-12)22-16(24)21-14/h6-9H,10H2,1-5H3,(H,20,23)(H2,21,22,24). The van der Waals surface area contributed by atoms with Gasteiger partial charge in [-0.15, -0.1) is 0 Å². The molecule has 8 heteroatoms. The highest BCUT2D eigenvalue weighted by molar-refractivity contribution is 6.56.